The van der Waals surface area contributed by atoms with E-state index in [0.29, 0.717) is 11.5 Å². The van der Waals surface area contributed by atoms with Gasteiger partial charge in [0.2, 0.25) is 5.43 Å². The zero-order chi connectivity index (χ0) is 15.5. The average molecular weight is 296 g/mol. The summed E-state index contributed by atoms with van der Waals surface area (Å²) >= 11 is 0. The van der Waals surface area contributed by atoms with Crippen LogP contribution in [-0.4, -0.2) is 4.57 Å². The molecule has 1 fully saturated rings. The van der Waals surface area contributed by atoms with Crippen LogP contribution in [0.2, 0.25) is 0 Å². The maximum Gasteiger partial charge on any atom is 0.214 e. The molecule has 1 aromatic carbocycles. The molecule has 0 saturated heterocycles. The van der Waals surface area contributed by atoms with Crippen molar-refractivity contribution in [2.24, 2.45) is 5.18 Å². The fourth-order valence-electron chi connectivity index (χ4n) is 2.70. The third-order valence-corrected chi connectivity index (χ3v) is 4.20. The van der Waals surface area contributed by atoms with Gasteiger partial charge in [-0.25, -0.2) is 0 Å². The second kappa shape index (κ2) is 6.26. The summed E-state index contributed by atoms with van der Waals surface area (Å²) in [5.41, 5.74) is 2.76. The monoisotopic (exact) mass is 296 g/mol. The van der Waals surface area contributed by atoms with Crippen molar-refractivity contribution in [3.8, 4) is 5.69 Å². The second-order valence-electron chi connectivity index (χ2n) is 5.97. The summed E-state index contributed by atoms with van der Waals surface area (Å²) in [7, 11) is 0. The highest BCUT2D eigenvalue weighted by atomic mass is 16.3. The molecule has 1 heterocycles. The third kappa shape index (κ3) is 3.01. The lowest BCUT2D eigenvalue weighted by Crippen LogP contribution is -2.11. The highest BCUT2D eigenvalue weighted by Crippen LogP contribution is 2.39. The summed E-state index contributed by atoms with van der Waals surface area (Å²) in [5, 5.41) is 2.90. The number of benzene rings is 1. The van der Waals surface area contributed by atoms with Crippen LogP contribution in [-0.2, 0) is 6.42 Å². The van der Waals surface area contributed by atoms with E-state index in [0.717, 1.165) is 24.9 Å². The number of hydrogen-bond donors (Lipinski definition) is 0. The fourth-order valence-corrected chi connectivity index (χ4v) is 2.70. The molecule has 0 aliphatic heterocycles. The molecule has 3 rings (SSSR count). The van der Waals surface area contributed by atoms with E-state index in [2.05, 4.69) is 24.2 Å². The van der Waals surface area contributed by atoms with E-state index in [1.807, 2.05) is 22.9 Å². The van der Waals surface area contributed by atoms with Crippen LogP contribution in [0.4, 0.5) is 5.69 Å². The predicted molar refractivity (Wildman–Crippen MR) is 88.1 cm³/mol. The molecule has 4 nitrogen and oxygen atoms in total. The van der Waals surface area contributed by atoms with Crippen LogP contribution < -0.4 is 5.43 Å². The van der Waals surface area contributed by atoms with Crippen LogP contribution >= 0.6 is 0 Å². The van der Waals surface area contributed by atoms with Crippen LogP contribution in [0.3, 0.4) is 0 Å². The zero-order valence-electron chi connectivity index (χ0n) is 12.8. The van der Waals surface area contributed by atoms with E-state index in [1.165, 1.54) is 24.6 Å². The largest absolute Gasteiger partial charge is 0.321 e. The van der Waals surface area contributed by atoms with Crippen molar-refractivity contribution in [3.63, 3.8) is 0 Å². The molecule has 1 saturated carbocycles. The average Bonchev–Trinajstić information content (AvgIpc) is 3.38. The topological polar surface area (TPSA) is 51.4 Å². The molecule has 0 spiro atoms. The van der Waals surface area contributed by atoms with Crippen LogP contribution in [0.25, 0.3) is 5.69 Å². The number of hydrogen-bond acceptors (Lipinski definition) is 3. The van der Waals surface area contributed by atoms with Gasteiger partial charge in [0.05, 0.1) is 0 Å². The first kappa shape index (κ1) is 14.7. The first-order valence-corrected chi connectivity index (χ1v) is 7.91. The van der Waals surface area contributed by atoms with Gasteiger partial charge in [-0.1, -0.05) is 25.5 Å². The number of rotatable bonds is 6. The lowest BCUT2D eigenvalue weighted by molar-refractivity contribution is 0.794. The molecule has 114 valence electrons. The molecule has 1 aliphatic rings. The standard InChI is InChI=1S/C18H20N2O2/c1-2-3-4-13-5-9-15(10-6-13)20-11-16(14-7-8-14)18(21)17(12-20)19-22/h5-6,9-12,14H,2-4,7-8H2,1H3. The third-order valence-electron chi connectivity index (χ3n) is 4.20. The molecule has 0 unspecified atom stereocenters. The van der Waals surface area contributed by atoms with Crippen molar-refractivity contribution in [2.75, 3.05) is 0 Å². The van der Waals surface area contributed by atoms with Crippen molar-refractivity contribution in [1.29, 1.82) is 0 Å². The Kier molecular flexibility index (Phi) is 4.18. The minimum atomic E-state index is -0.215. The van der Waals surface area contributed by atoms with E-state index in [-0.39, 0.29) is 11.1 Å². The molecule has 1 aliphatic carbocycles. The van der Waals surface area contributed by atoms with Crippen LogP contribution in [0.15, 0.2) is 46.6 Å². The summed E-state index contributed by atoms with van der Waals surface area (Å²) in [5.74, 6) is 0.296. The molecule has 0 N–H and O–H groups in total. The van der Waals surface area contributed by atoms with Gasteiger partial charge >= 0.3 is 0 Å². The van der Waals surface area contributed by atoms with Gasteiger partial charge in [0.1, 0.15) is 0 Å². The maximum absolute atomic E-state index is 12.1. The number of nitrogens with zero attached hydrogens (tertiary/aromatic N) is 2. The molecule has 0 radical (unpaired) electrons. The second-order valence-corrected chi connectivity index (χ2v) is 5.97. The summed E-state index contributed by atoms with van der Waals surface area (Å²) in [6, 6.07) is 8.27. The van der Waals surface area contributed by atoms with E-state index in [1.54, 1.807) is 0 Å². The smallest absolute Gasteiger partial charge is 0.214 e. The van der Waals surface area contributed by atoms with E-state index < -0.39 is 0 Å². The Morgan fingerprint density at radius 3 is 2.50 bits per heavy atom. The molecule has 0 amide bonds. The molecule has 0 atom stereocenters. The van der Waals surface area contributed by atoms with Gasteiger partial charge in [-0.15, -0.1) is 4.91 Å². The van der Waals surface area contributed by atoms with Crippen molar-refractivity contribution in [2.45, 2.75) is 44.9 Å². The van der Waals surface area contributed by atoms with Gasteiger partial charge in [-0.05, 0) is 54.5 Å². The number of nitroso groups, excluding NO2 is 1. The molecule has 22 heavy (non-hydrogen) atoms. The van der Waals surface area contributed by atoms with Crippen molar-refractivity contribution >= 4 is 5.69 Å². The number of aromatic nitrogens is 1. The Labute approximate surface area is 129 Å². The lowest BCUT2D eigenvalue weighted by Gasteiger charge is -2.10. The van der Waals surface area contributed by atoms with Crippen molar-refractivity contribution in [1.82, 2.24) is 4.57 Å². The van der Waals surface area contributed by atoms with Gasteiger partial charge in [0, 0.05) is 23.6 Å². The van der Waals surface area contributed by atoms with E-state index in [9.17, 15) is 9.70 Å². The molecule has 1 aromatic heterocycles. The van der Waals surface area contributed by atoms with E-state index >= 15 is 0 Å². The van der Waals surface area contributed by atoms with Gasteiger partial charge < -0.3 is 4.57 Å². The Bertz CT molecular complexity index is 728. The highest BCUT2D eigenvalue weighted by molar-refractivity contribution is 5.45. The zero-order valence-corrected chi connectivity index (χ0v) is 12.8. The fraction of sp³-hybridized carbons (Fsp3) is 0.389. The molecular weight excluding hydrogens is 276 g/mol. The summed E-state index contributed by atoms with van der Waals surface area (Å²) in [4.78, 5) is 23.0. The number of unbranched alkanes of at least 4 members (excludes halogenated alkanes) is 1. The highest BCUT2D eigenvalue weighted by Gasteiger charge is 2.27. The maximum atomic E-state index is 12.1. The van der Waals surface area contributed by atoms with E-state index in [4.69, 9.17) is 0 Å². The Morgan fingerprint density at radius 2 is 1.91 bits per heavy atom. The van der Waals surface area contributed by atoms with Crippen LogP contribution in [0.1, 0.15) is 49.7 Å². The normalized spacial score (nSPS) is 14.0. The van der Waals surface area contributed by atoms with Crippen LogP contribution in [0.5, 0.6) is 0 Å². The van der Waals surface area contributed by atoms with Gasteiger partial charge in [0.15, 0.2) is 5.69 Å². The number of pyridine rings is 1. The Balaban J connectivity index is 1.95. The lowest BCUT2D eigenvalue weighted by atomic mass is 10.1. The molecule has 0 bridgehead atoms. The number of aryl methyl sites for hydroxylation is 1. The van der Waals surface area contributed by atoms with Gasteiger partial charge in [-0.3, -0.25) is 4.79 Å². The summed E-state index contributed by atoms with van der Waals surface area (Å²) < 4.78 is 1.84. The Morgan fingerprint density at radius 1 is 1.18 bits per heavy atom. The minimum absolute atomic E-state index is 0.000500. The Hall–Kier alpha value is -2.23. The quantitative estimate of drug-likeness (QED) is 0.739. The predicted octanol–water partition coefficient (Wildman–Crippen LogP) is 4.46. The van der Waals surface area contributed by atoms with Gasteiger partial charge in [0.25, 0.3) is 0 Å². The minimum Gasteiger partial charge on any atom is -0.321 e. The molecular formula is C18H20N2O2. The first-order chi connectivity index (χ1) is 10.7. The van der Waals surface area contributed by atoms with Crippen LogP contribution in [0, 0.1) is 4.91 Å². The summed E-state index contributed by atoms with van der Waals surface area (Å²) in [6.07, 6.45) is 8.87. The molecule has 2 aromatic rings. The van der Waals surface area contributed by atoms with Crippen molar-refractivity contribution in [3.05, 3.63) is 62.9 Å². The van der Waals surface area contributed by atoms with Crippen molar-refractivity contribution < 1.29 is 0 Å². The summed E-state index contributed by atoms with van der Waals surface area (Å²) in [6.45, 7) is 2.18. The van der Waals surface area contributed by atoms with Gasteiger partial charge in [-0.2, -0.15) is 0 Å². The first-order valence-electron chi connectivity index (χ1n) is 7.91. The SMILES string of the molecule is CCCCc1ccc(-n2cc(N=O)c(=O)c(C3CC3)c2)cc1. The molecule has 4 heteroatoms.